The Morgan fingerprint density at radius 1 is 0.591 bits per heavy atom. The summed E-state index contributed by atoms with van der Waals surface area (Å²) >= 11 is 0. The van der Waals surface area contributed by atoms with E-state index in [-0.39, 0.29) is 0 Å². The summed E-state index contributed by atoms with van der Waals surface area (Å²) in [5.41, 5.74) is 0.873. The average molecular weight is 299 g/mol. The van der Waals surface area contributed by atoms with Crippen LogP contribution in [0.25, 0.3) is 0 Å². The van der Waals surface area contributed by atoms with Crippen LogP contribution in [0.2, 0.25) is 0 Å². The first-order valence-corrected chi connectivity index (χ1v) is 10.9. The van der Waals surface area contributed by atoms with E-state index in [9.17, 15) is 0 Å². The van der Waals surface area contributed by atoms with Gasteiger partial charge < -0.3 is 0 Å². The lowest BCUT2D eigenvalue weighted by atomic mass is 9.33. The van der Waals surface area contributed by atoms with Gasteiger partial charge in [0, 0.05) is 0 Å². The third kappa shape index (κ3) is 1.56. The van der Waals surface area contributed by atoms with Gasteiger partial charge in [-0.3, -0.25) is 0 Å². The van der Waals surface area contributed by atoms with Crippen LogP contribution in [0, 0.1) is 52.8 Å². The van der Waals surface area contributed by atoms with Crippen LogP contribution in [0.3, 0.4) is 0 Å². The van der Waals surface area contributed by atoms with Gasteiger partial charge in [0.25, 0.3) is 0 Å². The SMILES string of the molecule is C1CC[C@H]2[C@H](C1)[C@H]1CCCC[C@@H]1C13C[C@@H]4CC(C[C@@H](C4)C1)[C@H]23. The Labute approximate surface area is 136 Å². The Kier molecular flexibility index (Phi) is 2.75. The van der Waals surface area contributed by atoms with Gasteiger partial charge in [-0.25, -0.2) is 0 Å². The molecule has 0 aliphatic heterocycles. The summed E-state index contributed by atoms with van der Waals surface area (Å²) in [6, 6.07) is 0. The van der Waals surface area contributed by atoms with E-state index in [1.807, 2.05) is 0 Å². The van der Waals surface area contributed by atoms with E-state index in [1.165, 1.54) is 35.5 Å². The molecule has 0 heteroatoms. The maximum atomic E-state index is 1.69. The first-order valence-electron chi connectivity index (χ1n) is 10.9. The summed E-state index contributed by atoms with van der Waals surface area (Å²) < 4.78 is 0. The zero-order chi connectivity index (χ0) is 14.3. The molecule has 22 heavy (non-hydrogen) atoms. The number of fused-ring (bicyclic) bond motifs is 3. The molecule has 7 aliphatic rings. The van der Waals surface area contributed by atoms with Gasteiger partial charge in [0.2, 0.25) is 0 Å². The highest BCUT2D eigenvalue weighted by molar-refractivity contribution is 5.15. The van der Waals surface area contributed by atoms with E-state index in [2.05, 4.69) is 0 Å². The Morgan fingerprint density at radius 3 is 2.00 bits per heavy atom. The van der Waals surface area contributed by atoms with Gasteiger partial charge in [0.15, 0.2) is 0 Å². The van der Waals surface area contributed by atoms with E-state index in [1.54, 1.807) is 83.5 Å². The maximum Gasteiger partial charge on any atom is -0.0227 e. The van der Waals surface area contributed by atoms with Crippen LogP contribution in [-0.2, 0) is 0 Å². The molecule has 0 radical (unpaired) electrons. The number of hydrogen-bond donors (Lipinski definition) is 0. The molecule has 0 aromatic carbocycles. The van der Waals surface area contributed by atoms with Crippen LogP contribution in [0.15, 0.2) is 0 Å². The van der Waals surface area contributed by atoms with Crippen molar-refractivity contribution in [2.24, 2.45) is 52.8 Å². The van der Waals surface area contributed by atoms with Gasteiger partial charge in [-0.1, -0.05) is 25.7 Å². The first-order chi connectivity index (χ1) is 10.9. The summed E-state index contributed by atoms with van der Waals surface area (Å²) in [6.45, 7) is 0. The van der Waals surface area contributed by atoms with Crippen molar-refractivity contribution < 1.29 is 0 Å². The van der Waals surface area contributed by atoms with Crippen molar-refractivity contribution >= 4 is 0 Å². The molecule has 7 aliphatic carbocycles. The van der Waals surface area contributed by atoms with Gasteiger partial charge >= 0.3 is 0 Å². The first kappa shape index (κ1) is 13.3. The van der Waals surface area contributed by atoms with Crippen molar-refractivity contribution in [3.8, 4) is 0 Å². The molecule has 0 aromatic rings. The van der Waals surface area contributed by atoms with E-state index in [0.717, 1.165) is 17.3 Å². The lowest BCUT2D eigenvalue weighted by Gasteiger charge is -2.72. The second-order valence-electron chi connectivity index (χ2n) is 10.5. The molecule has 4 bridgehead atoms. The van der Waals surface area contributed by atoms with Gasteiger partial charge in [0.1, 0.15) is 0 Å². The molecule has 7 rings (SSSR count). The van der Waals surface area contributed by atoms with Crippen molar-refractivity contribution in [2.45, 2.75) is 83.5 Å². The number of hydrogen-bond acceptors (Lipinski definition) is 0. The largest absolute Gasteiger partial charge is 0.0530 e. The average Bonchev–Trinajstić information content (AvgIpc) is 2.54. The molecule has 0 amide bonds. The summed E-state index contributed by atoms with van der Waals surface area (Å²) in [7, 11) is 0. The molecule has 0 heterocycles. The summed E-state index contributed by atoms with van der Waals surface area (Å²) in [5, 5.41) is 0. The molecular formula is C22H34. The smallest absolute Gasteiger partial charge is 0.0227 e. The minimum absolute atomic E-state index is 0.873. The third-order valence-electron chi connectivity index (χ3n) is 9.89. The second kappa shape index (κ2) is 4.54. The zero-order valence-electron chi connectivity index (χ0n) is 14.3. The quantitative estimate of drug-likeness (QED) is 0.510. The third-order valence-corrected chi connectivity index (χ3v) is 9.89. The summed E-state index contributed by atoms with van der Waals surface area (Å²) in [5.74, 6) is 9.41. The monoisotopic (exact) mass is 298 g/mol. The molecule has 7 saturated carbocycles. The van der Waals surface area contributed by atoms with Crippen molar-refractivity contribution in [1.82, 2.24) is 0 Å². The molecule has 0 nitrogen and oxygen atoms in total. The molecule has 2 unspecified atom stereocenters. The van der Waals surface area contributed by atoms with Crippen LogP contribution < -0.4 is 0 Å². The van der Waals surface area contributed by atoms with Crippen LogP contribution in [-0.4, -0.2) is 0 Å². The predicted octanol–water partition coefficient (Wildman–Crippen LogP) is 6.06. The molecule has 7 fully saturated rings. The van der Waals surface area contributed by atoms with Crippen molar-refractivity contribution in [2.75, 3.05) is 0 Å². The normalized spacial score (nSPS) is 62.2. The van der Waals surface area contributed by atoms with Crippen LogP contribution >= 0.6 is 0 Å². The number of rotatable bonds is 0. The van der Waals surface area contributed by atoms with Gasteiger partial charge in [0.05, 0.1) is 0 Å². The topological polar surface area (TPSA) is 0 Å². The summed E-state index contributed by atoms with van der Waals surface area (Å²) in [4.78, 5) is 0. The van der Waals surface area contributed by atoms with E-state index < -0.39 is 0 Å². The van der Waals surface area contributed by atoms with Crippen molar-refractivity contribution in [3.63, 3.8) is 0 Å². The van der Waals surface area contributed by atoms with Gasteiger partial charge in [-0.2, -0.15) is 0 Å². The van der Waals surface area contributed by atoms with Gasteiger partial charge in [-0.05, 0) is 111 Å². The molecular weight excluding hydrogens is 264 g/mol. The highest BCUT2D eigenvalue weighted by Gasteiger charge is 2.66. The zero-order valence-corrected chi connectivity index (χ0v) is 14.3. The van der Waals surface area contributed by atoms with Crippen molar-refractivity contribution in [3.05, 3.63) is 0 Å². The Bertz CT molecular complexity index is 451. The maximum absolute atomic E-state index is 1.69. The molecule has 0 N–H and O–H groups in total. The fourth-order valence-electron chi connectivity index (χ4n) is 10.0. The standard InChI is InChI=1S/C22H34/c1-2-7-19-17(5-1)18-6-3-4-8-20(18)22-12-14-9-15(13-22)11-16(10-14)21(19)22/h14-21H,1-13H2/t14-,15+,16?,17-,18-,19+,20+,21-,22?/m1/s1. The van der Waals surface area contributed by atoms with Crippen LogP contribution in [0.4, 0.5) is 0 Å². The van der Waals surface area contributed by atoms with Crippen molar-refractivity contribution in [1.29, 1.82) is 0 Å². The van der Waals surface area contributed by atoms with Crippen LogP contribution in [0.5, 0.6) is 0 Å². The lowest BCUT2D eigenvalue weighted by Crippen LogP contribution is -2.64. The fourth-order valence-corrected chi connectivity index (χ4v) is 10.0. The molecule has 0 saturated heterocycles. The minimum atomic E-state index is 0.873. The molecule has 1 spiro atoms. The fraction of sp³-hybridized carbons (Fsp3) is 1.00. The summed E-state index contributed by atoms with van der Waals surface area (Å²) in [6.07, 6.45) is 21.1. The second-order valence-corrected chi connectivity index (χ2v) is 10.5. The molecule has 122 valence electrons. The Morgan fingerprint density at radius 2 is 1.23 bits per heavy atom. The van der Waals surface area contributed by atoms with Crippen LogP contribution in [0.1, 0.15) is 83.5 Å². The van der Waals surface area contributed by atoms with E-state index in [0.29, 0.717) is 0 Å². The van der Waals surface area contributed by atoms with Gasteiger partial charge in [-0.15, -0.1) is 0 Å². The highest BCUT2D eigenvalue weighted by Crippen LogP contribution is 2.74. The molecule has 9 atom stereocenters. The van der Waals surface area contributed by atoms with E-state index in [4.69, 9.17) is 0 Å². The predicted molar refractivity (Wildman–Crippen MR) is 90.4 cm³/mol. The highest BCUT2D eigenvalue weighted by atomic mass is 14.7. The minimum Gasteiger partial charge on any atom is -0.0530 e. The Balaban J connectivity index is 1.48. The Hall–Kier alpha value is 0. The lowest BCUT2D eigenvalue weighted by molar-refractivity contribution is -0.228. The van der Waals surface area contributed by atoms with E-state index >= 15 is 0 Å². The molecule has 0 aromatic heterocycles.